The lowest BCUT2D eigenvalue weighted by atomic mass is 9.47. The number of allylic oxidation sites excluding steroid dienone is 3. The van der Waals surface area contributed by atoms with E-state index in [2.05, 4.69) is 26.8 Å². The number of carbonyl (C=O) groups excluding carboxylic acids is 1. The number of hydrogen-bond donors (Lipinski definition) is 1. The topological polar surface area (TPSA) is 37.3 Å². The summed E-state index contributed by atoms with van der Waals surface area (Å²) in [6, 6.07) is 0. The molecule has 6 atom stereocenters. The second-order valence-electron chi connectivity index (χ2n) is 9.53. The zero-order chi connectivity index (χ0) is 17.3. The highest BCUT2D eigenvalue weighted by molar-refractivity contribution is 5.96. The Bertz CT molecular complexity index is 642. The van der Waals surface area contributed by atoms with Gasteiger partial charge in [-0.25, -0.2) is 0 Å². The van der Waals surface area contributed by atoms with E-state index in [0.29, 0.717) is 17.6 Å². The van der Waals surface area contributed by atoms with E-state index in [4.69, 9.17) is 0 Å². The molecule has 0 bridgehead atoms. The van der Waals surface area contributed by atoms with E-state index in [9.17, 15) is 9.90 Å². The van der Waals surface area contributed by atoms with Gasteiger partial charge in [-0.05, 0) is 93.0 Å². The minimum Gasteiger partial charge on any atom is -0.393 e. The Morgan fingerprint density at radius 2 is 1.83 bits per heavy atom. The van der Waals surface area contributed by atoms with Crippen LogP contribution in [0.15, 0.2) is 22.8 Å². The number of Topliss-reactive ketones (excluding diaryl/α,β-unsaturated/α-hetero) is 1. The molecule has 0 aromatic carbocycles. The summed E-state index contributed by atoms with van der Waals surface area (Å²) in [5.74, 6) is 2.38. The molecule has 0 aromatic rings. The minimum absolute atomic E-state index is 0.104. The van der Waals surface area contributed by atoms with E-state index < -0.39 is 0 Å². The van der Waals surface area contributed by atoms with E-state index in [-0.39, 0.29) is 16.9 Å². The van der Waals surface area contributed by atoms with Gasteiger partial charge in [-0.15, -0.1) is 0 Å². The Morgan fingerprint density at radius 3 is 2.54 bits per heavy atom. The average molecular weight is 328 g/mol. The Morgan fingerprint density at radius 1 is 1.12 bits per heavy atom. The fourth-order valence-corrected chi connectivity index (χ4v) is 7.27. The fourth-order valence-electron chi connectivity index (χ4n) is 7.27. The molecule has 2 fully saturated rings. The van der Waals surface area contributed by atoms with E-state index in [0.717, 1.165) is 50.0 Å². The number of hydrogen-bond acceptors (Lipinski definition) is 2. The number of aliphatic hydroxyl groups excluding tert-OH is 1. The Balaban J connectivity index is 1.70. The summed E-state index contributed by atoms with van der Waals surface area (Å²) in [6.07, 6.45) is 9.99. The van der Waals surface area contributed by atoms with Crippen LogP contribution < -0.4 is 0 Å². The van der Waals surface area contributed by atoms with Crippen LogP contribution in [0, 0.1) is 28.6 Å². The molecule has 0 aliphatic heterocycles. The third-order valence-corrected chi connectivity index (χ3v) is 8.34. The summed E-state index contributed by atoms with van der Waals surface area (Å²) in [5.41, 5.74) is 4.43. The normalized spacial score (nSPS) is 47.6. The summed E-state index contributed by atoms with van der Waals surface area (Å²) >= 11 is 0. The maximum absolute atomic E-state index is 12.3. The molecule has 132 valence electrons. The Labute approximate surface area is 146 Å². The van der Waals surface area contributed by atoms with Crippen LogP contribution in [-0.2, 0) is 4.79 Å². The van der Waals surface area contributed by atoms with Crippen molar-refractivity contribution in [1.29, 1.82) is 0 Å². The van der Waals surface area contributed by atoms with Crippen LogP contribution in [0.1, 0.15) is 72.6 Å². The molecular formula is C22H32O2. The highest BCUT2D eigenvalue weighted by Gasteiger charge is 2.58. The SMILES string of the molecule is CC(=O)C1=C(C)C[C@@H]2[C@H]3CC=C4C[C@H](O)CC[C@]4(C)[C@@H]3CC[C@]12C. The van der Waals surface area contributed by atoms with Gasteiger partial charge in [0.25, 0.3) is 0 Å². The van der Waals surface area contributed by atoms with Crippen molar-refractivity contribution in [2.75, 3.05) is 0 Å². The van der Waals surface area contributed by atoms with Crippen molar-refractivity contribution >= 4 is 5.78 Å². The fraction of sp³-hybridized carbons (Fsp3) is 0.773. The van der Waals surface area contributed by atoms with Gasteiger partial charge in [-0.2, -0.15) is 0 Å². The Kier molecular flexibility index (Phi) is 3.66. The van der Waals surface area contributed by atoms with Crippen LogP contribution in [0.2, 0.25) is 0 Å². The number of fused-ring (bicyclic) bond motifs is 5. The van der Waals surface area contributed by atoms with Crippen LogP contribution in [0.3, 0.4) is 0 Å². The van der Waals surface area contributed by atoms with Crippen molar-refractivity contribution in [1.82, 2.24) is 0 Å². The van der Waals surface area contributed by atoms with Crippen molar-refractivity contribution in [3.05, 3.63) is 22.8 Å². The van der Waals surface area contributed by atoms with E-state index in [1.54, 1.807) is 6.92 Å². The van der Waals surface area contributed by atoms with Gasteiger partial charge in [0.05, 0.1) is 6.10 Å². The van der Waals surface area contributed by atoms with Crippen molar-refractivity contribution in [3.63, 3.8) is 0 Å². The maximum atomic E-state index is 12.3. The van der Waals surface area contributed by atoms with Gasteiger partial charge in [0, 0.05) is 0 Å². The molecule has 0 spiro atoms. The van der Waals surface area contributed by atoms with Crippen LogP contribution in [0.4, 0.5) is 0 Å². The minimum atomic E-state index is -0.130. The van der Waals surface area contributed by atoms with Crippen molar-refractivity contribution in [2.45, 2.75) is 78.7 Å². The predicted octanol–water partition coefficient (Wildman–Crippen LogP) is 4.83. The van der Waals surface area contributed by atoms with Gasteiger partial charge >= 0.3 is 0 Å². The molecule has 0 heterocycles. The van der Waals surface area contributed by atoms with Gasteiger partial charge in [-0.3, -0.25) is 4.79 Å². The molecule has 1 N–H and O–H groups in total. The third kappa shape index (κ3) is 2.08. The highest BCUT2D eigenvalue weighted by Crippen LogP contribution is 2.65. The quantitative estimate of drug-likeness (QED) is 0.700. The summed E-state index contributed by atoms with van der Waals surface area (Å²) in [7, 11) is 0. The lowest BCUT2D eigenvalue weighted by Crippen LogP contribution is -2.50. The van der Waals surface area contributed by atoms with Gasteiger partial charge < -0.3 is 5.11 Å². The first kappa shape index (κ1) is 16.6. The summed E-state index contributed by atoms with van der Waals surface area (Å²) in [4.78, 5) is 12.3. The molecule has 0 amide bonds. The zero-order valence-electron chi connectivity index (χ0n) is 15.7. The van der Waals surface area contributed by atoms with Crippen LogP contribution in [0.25, 0.3) is 0 Å². The van der Waals surface area contributed by atoms with Crippen LogP contribution in [0.5, 0.6) is 0 Å². The van der Waals surface area contributed by atoms with Gasteiger partial charge in [0.1, 0.15) is 0 Å². The third-order valence-electron chi connectivity index (χ3n) is 8.34. The van der Waals surface area contributed by atoms with Gasteiger partial charge in [-0.1, -0.05) is 31.1 Å². The molecule has 4 aliphatic rings. The largest absolute Gasteiger partial charge is 0.393 e. The lowest BCUT2D eigenvalue weighted by molar-refractivity contribution is -0.115. The van der Waals surface area contributed by atoms with Crippen LogP contribution >= 0.6 is 0 Å². The highest BCUT2D eigenvalue weighted by atomic mass is 16.3. The summed E-state index contributed by atoms with van der Waals surface area (Å²) < 4.78 is 0. The molecule has 4 aliphatic carbocycles. The molecule has 4 rings (SSSR count). The first-order valence-electron chi connectivity index (χ1n) is 9.86. The zero-order valence-corrected chi connectivity index (χ0v) is 15.7. The van der Waals surface area contributed by atoms with Crippen molar-refractivity contribution in [2.24, 2.45) is 28.6 Å². The van der Waals surface area contributed by atoms with Gasteiger partial charge in [0.2, 0.25) is 0 Å². The lowest BCUT2D eigenvalue weighted by Gasteiger charge is -2.57. The molecule has 0 saturated heterocycles. The van der Waals surface area contributed by atoms with Gasteiger partial charge in [0.15, 0.2) is 5.78 Å². The predicted molar refractivity (Wildman–Crippen MR) is 96.5 cm³/mol. The molecule has 24 heavy (non-hydrogen) atoms. The standard InChI is InChI=1S/C22H32O2/c1-13-11-19-17-6-5-15-12-16(24)7-9-21(15,3)18(17)8-10-22(19,4)20(13)14(2)23/h5,16-19,24H,6-12H2,1-4H3/t16-,17+,18-,19-,21+,22+/m1/s1. The summed E-state index contributed by atoms with van der Waals surface area (Å²) in [5, 5.41) is 10.1. The maximum Gasteiger partial charge on any atom is 0.156 e. The Hall–Kier alpha value is -0.890. The van der Waals surface area contributed by atoms with Crippen molar-refractivity contribution < 1.29 is 9.90 Å². The molecule has 2 heteroatoms. The smallest absolute Gasteiger partial charge is 0.156 e. The molecule has 0 aromatic heterocycles. The van der Waals surface area contributed by atoms with Crippen molar-refractivity contribution in [3.8, 4) is 0 Å². The van der Waals surface area contributed by atoms with E-state index in [1.165, 1.54) is 17.6 Å². The number of rotatable bonds is 1. The monoisotopic (exact) mass is 328 g/mol. The number of aliphatic hydroxyl groups is 1. The molecule has 0 unspecified atom stereocenters. The first-order chi connectivity index (χ1) is 11.3. The number of ketones is 1. The number of carbonyl (C=O) groups is 1. The molecule has 0 radical (unpaired) electrons. The van der Waals surface area contributed by atoms with E-state index >= 15 is 0 Å². The van der Waals surface area contributed by atoms with Crippen LogP contribution in [-0.4, -0.2) is 17.0 Å². The second-order valence-corrected chi connectivity index (χ2v) is 9.53. The molecule has 2 nitrogen and oxygen atoms in total. The summed E-state index contributed by atoms with van der Waals surface area (Å²) in [6.45, 7) is 8.79. The molecular weight excluding hydrogens is 296 g/mol. The average Bonchev–Trinajstić information content (AvgIpc) is 2.78. The first-order valence-corrected chi connectivity index (χ1v) is 9.86. The van der Waals surface area contributed by atoms with E-state index in [1.807, 2.05) is 0 Å². The molecule has 2 saturated carbocycles. The second kappa shape index (κ2) is 5.30.